The Bertz CT molecular complexity index is 861. The number of carboxylic acid groups (broad SMARTS) is 1. The molecule has 0 radical (unpaired) electrons. The van der Waals surface area contributed by atoms with E-state index < -0.39 is 5.97 Å². The van der Waals surface area contributed by atoms with Crippen LogP contribution in [-0.2, 0) is 0 Å². The molecule has 5 heteroatoms. The minimum Gasteiger partial charge on any atom is -0.478 e. The smallest absolute Gasteiger partial charge is 0.336 e. The SMILES string of the molecule is C[C@H]1C[C@@H]2c3cccc(C(=O)O)c3C(=O)N2c2ccc(F)cc21. The molecule has 4 rings (SSSR count). The van der Waals surface area contributed by atoms with E-state index in [0.29, 0.717) is 12.1 Å². The number of halogens is 1. The zero-order valence-electron chi connectivity index (χ0n) is 12.4. The highest BCUT2D eigenvalue weighted by Gasteiger charge is 2.44. The average molecular weight is 311 g/mol. The third-order valence-electron chi connectivity index (χ3n) is 4.79. The molecule has 23 heavy (non-hydrogen) atoms. The summed E-state index contributed by atoms with van der Waals surface area (Å²) in [6.45, 7) is 2.00. The van der Waals surface area contributed by atoms with Gasteiger partial charge < -0.3 is 10.0 Å². The van der Waals surface area contributed by atoms with Crippen molar-refractivity contribution in [2.24, 2.45) is 0 Å². The number of hydrogen-bond acceptors (Lipinski definition) is 2. The molecule has 116 valence electrons. The Labute approximate surface area is 132 Å². The lowest BCUT2D eigenvalue weighted by Crippen LogP contribution is -2.33. The first-order chi connectivity index (χ1) is 11.0. The van der Waals surface area contributed by atoms with Crippen LogP contribution in [0, 0.1) is 5.82 Å². The predicted octanol–water partition coefficient (Wildman–Crippen LogP) is 3.73. The van der Waals surface area contributed by atoms with Crippen molar-refractivity contribution in [2.45, 2.75) is 25.3 Å². The van der Waals surface area contributed by atoms with Gasteiger partial charge in [0.25, 0.3) is 5.91 Å². The summed E-state index contributed by atoms with van der Waals surface area (Å²) in [6, 6.07) is 9.15. The van der Waals surface area contributed by atoms with E-state index in [0.717, 1.165) is 11.1 Å². The summed E-state index contributed by atoms with van der Waals surface area (Å²) in [5.74, 6) is -1.66. The molecule has 1 N–H and O–H groups in total. The Morgan fingerprint density at radius 2 is 2.04 bits per heavy atom. The Balaban J connectivity index is 1.94. The molecule has 0 saturated carbocycles. The second-order valence-electron chi connectivity index (χ2n) is 6.11. The summed E-state index contributed by atoms with van der Waals surface area (Å²) in [5.41, 5.74) is 2.50. The van der Waals surface area contributed by atoms with Crippen LogP contribution in [0.1, 0.15) is 57.1 Å². The van der Waals surface area contributed by atoms with Gasteiger partial charge >= 0.3 is 5.97 Å². The van der Waals surface area contributed by atoms with Gasteiger partial charge in [0, 0.05) is 5.69 Å². The largest absolute Gasteiger partial charge is 0.478 e. The number of carbonyl (C=O) groups excluding carboxylic acids is 1. The van der Waals surface area contributed by atoms with Crippen molar-refractivity contribution in [3.8, 4) is 0 Å². The third kappa shape index (κ3) is 1.82. The standard InChI is InChI=1S/C18H14FNO3/c1-9-7-15-11-3-2-4-12(18(22)23)16(11)17(21)20(15)14-6-5-10(19)8-13(9)14/h2-6,8-9,15H,7H2,1H3,(H,22,23)/t9-,15+/m0/s1. The van der Waals surface area contributed by atoms with Crippen LogP contribution < -0.4 is 4.90 Å². The number of hydrogen-bond donors (Lipinski definition) is 1. The Morgan fingerprint density at radius 3 is 2.78 bits per heavy atom. The molecule has 2 heterocycles. The summed E-state index contributed by atoms with van der Waals surface area (Å²) in [7, 11) is 0. The first-order valence-corrected chi connectivity index (χ1v) is 7.48. The van der Waals surface area contributed by atoms with E-state index in [1.165, 1.54) is 18.2 Å². The van der Waals surface area contributed by atoms with Gasteiger partial charge in [-0.15, -0.1) is 0 Å². The lowest BCUT2D eigenvalue weighted by atomic mass is 9.85. The van der Waals surface area contributed by atoms with Crippen LogP contribution in [0.25, 0.3) is 0 Å². The van der Waals surface area contributed by atoms with Gasteiger partial charge in [-0.1, -0.05) is 19.1 Å². The number of anilines is 1. The number of benzene rings is 2. The quantitative estimate of drug-likeness (QED) is 0.873. The van der Waals surface area contributed by atoms with E-state index in [2.05, 4.69) is 0 Å². The minimum atomic E-state index is -1.11. The zero-order valence-corrected chi connectivity index (χ0v) is 12.4. The van der Waals surface area contributed by atoms with E-state index in [-0.39, 0.29) is 34.8 Å². The van der Waals surface area contributed by atoms with Gasteiger partial charge in [-0.3, -0.25) is 4.79 Å². The molecular formula is C18H14FNO3. The highest BCUT2D eigenvalue weighted by molar-refractivity contribution is 6.16. The maximum atomic E-state index is 13.6. The molecule has 2 aliphatic rings. The number of nitrogens with zero attached hydrogens (tertiary/aromatic N) is 1. The van der Waals surface area contributed by atoms with Crippen molar-refractivity contribution in [3.05, 3.63) is 64.5 Å². The molecule has 0 saturated heterocycles. The van der Waals surface area contributed by atoms with Crippen LogP contribution in [0.4, 0.5) is 10.1 Å². The molecule has 2 aromatic carbocycles. The maximum absolute atomic E-state index is 13.6. The monoisotopic (exact) mass is 311 g/mol. The van der Waals surface area contributed by atoms with Gasteiger partial charge in [-0.25, -0.2) is 9.18 Å². The molecule has 2 atom stereocenters. The van der Waals surface area contributed by atoms with E-state index in [1.807, 2.05) is 13.0 Å². The Hall–Kier alpha value is -2.69. The minimum absolute atomic E-state index is 0.0261. The second kappa shape index (κ2) is 4.65. The number of carbonyl (C=O) groups is 2. The number of fused-ring (bicyclic) bond motifs is 5. The van der Waals surface area contributed by atoms with Gasteiger partial charge in [-0.2, -0.15) is 0 Å². The van der Waals surface area contributed by atoms with Crippen LogP contribution in [0.2, 0.25) is 0 Å². The molecule has 1 amide bonds. The van der Waals surface area contributed by atoms with E-state index in [9.17, 15) is 19.1 Å². The third-order valence-corrected chi connectivity index (χ3v) is 4.79. The van der Waals surface area contributed by atoms with Crippen LogP contribution in [0.3, 0.4) is 0 Å². The van der Waals surface area contributed by atoms with Crippen LogP contribution >= 0.6 is 0 Å². The summed E-state index contributed by atoms with van der Waals surface area (Å²) < 4.78 is 13.6. The number of amides is 1. The first-order valence-electron chi connectivity index (χ1n) is 7.48. The fraction of sp³-hybridized carbons (Fsp3) is 0.222. The zero-order chi connectivity index (χ0) is 16.3. The Kier molecular flexibility index (Phi) is 2.82. The molecule has 2 aliphatic heterocycles. The predicted molar refractivity (Wildman–Crippen MR) is 82.4 cm³/mol. The van der Waals surface area contributed by atoms with Crippen LogP contribution in [0.15, 0.2) is 36.4 Å². The fourth-order valence-electron chi connectivity index (χ4n) is 3.78. The topological polar surface area (TPSA) is 57.6 Å². The van der Waals surface area contributed by atoms with Gasteiger partial charge in [0.05, 0.1) is 17.2 Å². The van der Waals surface area contributed by atoms with E-state index in [1.54, 1.807) is 17.0 Å². The summed E-state index contributed by atoms with van der Waals surface area (Å²) in [5, 5.41) is 9.36. The van der Waals surface area contributed by atoms with Crippen molar-refractivity contribution >= 4 is 17.6 Å². The van der Waals surface area contributed by atoms with Gasteiger partial charge in [-0.05, 0) is 47.7 Å². The summed E-state index contributed by atoms with van der Waals surface area (Å²) in [4.78, 5) is 25.9. The van der Waals surface area contributed by atoms with E-state index >= 15 is 0 Å². The van der Waals surface area contributed by atoms with Gasteiger partial charge in [0.1, 0.15) is 5.82 Å². The van der Waals surface area contributed by atoms with Crippen molar-refractivity contribution < 1.29 is 19.1 Å². The molecule has 0 fully saturated rings. The Morgan fingerprint density at radius 1 is 1.26 bits per heavy atom. The summed E-state index contributed by atoms with van der Waals surface area (Å²) in [6.07, 6.45) is 0.651. The first kappa shape index (κ1) is 13.9. The highest BCUT2D eigenvalue weighted by Crippen LogP contribution is 2.50. The number of carboxylic acids is 1. The van der Waals surface area contributed by atoms with Crippen molar-refractivity contribution in [3.63, 3.8) is 0 Å². The van der Waals surface area contributed by atoms with Crippen LogP contribution in [0.5, 0.6) is 0 Å². The fourth-order valence-corrected chi connectivity index (χ4v) is 3.78. The molecule has 0 spiro atoms. The lowest BCUT2D eigenvalue weighted by molar-refractivity contribution is 0.0692. The molecule has 0 bridgehead atoms. The van der Waals surface area contributed by atoms with Gasteiger partial charge in [0.15, 0.2) is 0 Å². The molecule has 2 aromatic rings. The van der Waals surface area contributed by atoms with Gasteiger partial charge in [0.2, 0.25) is 0 Å². The maximum Gasteiger partial charge on any atom is 0.336 e. The highest BCUT2D eigenvalue weighted by atomic mass is 19.1. The number of aromatic carboxylic acids is 1. The molecule has 4 nitrogen and oxygen atoms in total. The molecular weight excluding hydrogens is 297 g/mol. The molecule has 0 aliphatic carbocycles. The van der Waals surface area contributed by atoms with E-state index in [4.69, 9.17) is 0 Å². The molecule has 0 unspecified atom stereocenters. The van der Waals surface area contributed by atoms with Crippen molar-refractivity contribution in [2.75, 3.05) is 4.90 Å². The van der Waals surface area contributed by atoms with Crippen molar-refractivity contribution in [1.82, 2.24) is 0 Å². The molecule has 0 aromatic heterocycles. The van der Waals surface area contributed by atoms with Crippen molar-refractivity contribution in [1.29, 1.82) is 0 Å². The summed E-state index contributed by atoms with van der Waals surface area (Å²) >= 11 is 0. The average Bonchev–Trinajstić information content (AvgIpc) is 2.81. The lowest BCUT2D eigenvalue weighted by Gasteiger charge is -2.35. The number of rotatable bonds is 1. The van der Waals surface area contributed by atoms with Crippen LogP contribution in [-0.4, -0.2) is 17.0 Å². The second-order valence-corrected chi connectivity index (χ2v) is 6.11. The normalized spacial score (nSPS) is 21.7.